The van der Waals surface area contributed by atoms with Crippen LogP contribution in [-0.4, -0.2) is 29.6 Å². The molecule has 4 nitrogen and oxygen atoms in total. The van der Waals surface area contributed by atoms with Crippen LogP contribution in [0.3, 0.4) is 0 Å². The molecule has 0 radical (unpaired) electrons. The Balaban J connectivity index is 1.99. The lowest BCUT2D eigenvalue weighted by atomic mass is 10.1. The van der Waals surface area contributed by atoms with E-state index in [0.29, 0.717) is 16.9 Å². The van der Waals surface area contributed by atoms with Gasteiger partial charge in [-0.3, -0.25) is 4.79 Å². The van der Waals surface area contributed by atoms with Gasteiger partial charge in [0.2, 0.25) is 0 Å². The largest absolute Gasteiger partial charge is 0.484 e. The molecule has 0 aliphatic carbocycles. The summed E-state index contributed by atoms with van der Waals surface area (Å²) in [5.41, 5.74) is 1.18. The molecule has 134 valence electrons. The molecule has 0 saturated heterocycles. The topological polar surface area (TPSA) is 49.8 Å². The predicted octanol–water partition coefficient (Wildman–Crippen LogP) is 3.62. The van der Waals surface area contributed by atoms with Gasteiger partial charge in [0.15, 0.2) is 18.2 Å². The van der Waals surface area contributed by atoms with Crippen molar-refractivity contribution < 1.29 is 23.4 Å². The maximum Gasteiger partial charge on any atom is 0.260 e. The third-order valence-corrected chi connectivity index (χ3v) is 4.10. The number of amides is 1. The molecular weight excluding hydrogens is 328 g/mol. The number of aliphatic hydroxyl groups excluding tert-OH is 1. The van der Waals surface area contributed by atoms with Gasteiger partial charge in [-0.25, -0.2) is 8.78 Å². The van der Waals surface area contributed by atoms with Crippen LogP contribution in [0.15, 0.2) is 42.5 Å². The van der Waals surface area contributed by atoms with Gasteiger partial charge in [0.05, 0.1) is 12.1 Å². The first-order valence-corrected chi connectivity index (χ1v) is 7.91. The van der Waals surface area contributed by atoms with Crippen molar-refractivity contribution in [2.45, 2.75) is 26.0 Å². The molecule has 1 N–H and O–H groups in total. The Labute approximate surface area is 145 Å². The van der Waals surface area contributed by atoms with Crippen molar-refractivity contribution in [3.05, 3.63) is 65.2 Å². The van der Waals surface area contributed by atoms with E-state index in [-0.39, 0.29) is 12.5 Å². The molecule has 2 rings (SSSR count). The maximum atomic E-state index is 13.4. The zero-order chi connectivity index (χ0) is 18.6. The molecular formula is C19H21F2NO3. The lowest BCUT2D eigenvalue weighted by molar-refractivity contribution is -0.134. The van der Waals surface area contributed by atoms with Crippen LogP contribution in [0.5, 0.6) is 5.75 Å². The molecule has 0 aromatic heterocycles. The second-order valence-corrected chi connectivity index (χ2v) is 5.89. The minimum Gasteiger partial charge on any atom is -0.484 e. The SMILES string of the molecule is C[C@@H](O)c1cccc(OCC(=O)N(C)[C@@H](C)c2ccc(F)c(F)c2)c1. The zero-order valence-electron chi connectivity index (χ0n) is 14.4. The van der Waals surface area contributed by atoms with Crippen LogP contribution in [-0.2, 0) is 4.79 Å². The summed E-state index contributed by atoms with van der Waals surface area (Å²) in [4.78, 5) is 13.7. The minimum absolute atomic E-state index is 0.201. The number of halogens is 2. The molecule has 0 heterocycles. The highest BCUT2D eigenvalue weighted by Gasteiger charge is 2.19. The Morgan fingerprint density at radius 2 is 1.84 bits per heavy atom. The first-order valence-electron chi connectivity index (χ1n) is 7.91. The first-order chi connectivity index (χ1) is 11.8. The molecule has 1 amide bonds. The smallest absolute Gasteiger partial charge is 0.260 e. The second-order valence-electron chi connectivity index (χ2n) is 5.89. The quantitative estimate of drug-likeness (QED) is 0.867. The number of aliphatic hydroxyl groups is 1. The van der Waals surface area contributed by atoms with Crippen LogP contribution in [0, 0.1) is 11.6 Å². The summed E-state index contributed by atoms with van der Waals surface area (Å²) in [6.45, 7) is 3.16. The van der Waals surface area contributed by atoms with Gasteiger partial charge in [-0.1, -0.05) is 18.2 Å². The summed E-state index contributed by atoms with van der Waals surface area (Å²) >= 11 is 0. The molecule has 0 aliphatic heterocycles. The lowest BCUT2D eigenvalue weighted by Crippen LogP contribution is -2.33. The molecule has 2 atom stereocenters. The minimum atomic E-state index is -0.948. The van der Waals surface area contributed by atoms with Gasteiger partial charge in [0.25, 0.3) is 5.91 Å². The monoisotopic (exact) mass is 349 g/mol. The second kappa shape index (κ2) is 8.07. The summed E-state index contributed by atoms with van der Waals surface area (Å²) < 4.78 is 31.9. The van der Waals surface area contributed by atoms with E-state index in [1.54, 1.807) is 45.2 Å². The van der Waals surface area contributed by atoms with Crippen LogP contribution < -0.4 is 4.74 Å². The van der Waals surface area contributed by atoms with E-state index in [0.717, 1.165) is 12.1 Å². The Hall–Kier alpha value is -2.47. The number of nitrogens with zero attached hydrogens (tertiary/aromatic N) is 1. The molecule has 2 aromatic rings. The molecule has 0 spiro atoms. The van der Waals surface area contributed by atoms with Crippen LogP contribution in [0.25, 0.3) is 0 Å². The van der Waals surface area contributed by atoms with E-state index < -0.39 is 23.8 Å². The summed E-state index contributed by atoms with van der Waals surface area (Å²) in [6, 6.07) is 9.98. The van der Waals surface area contributed by atoms with Crippen molar-refractivity contribution in [3.63, 3.8) is 0 Å². The average molecular weight is 349 g/mol. The van der Waals surface area contributed by atoms with E-state index >= 15 is 0 Å². The molecule has 0 bridgehead atoms. The Morgan fingerprint density at radius 3 is 2.48 bits per heavy atom. The van der Waals surface area contributed by atoms with Crippen LogP contribution in [0.1, 0.15) is 37.1 Å². The summed E-state index contributed by atoms with van der Waals surface area (Å²) in [5, 5.41) is 9.57. The maximum absolute atomic E-state index is 13.4. The van der Waals surface area contributed by atoms with Gasteiger partial charge in [-0.2, -0.15) is 0 Å². The fraction of sp³-hybridized carbons (Fsp3) is 0.316. The zero-order valence-corrected chi connectivity index (χ0v) is 14.4. The summed E-state index contributed by atoms with van der Waals surface area (Å²) in [5.74, 6) is -1.71. The molecule has 0 fully saturated rings. The van der Waals surface area contributed by atoms with E-state index in [9.17, 15) is 18.7 Å². The van der Waals surface area contributed by atoms with Crippen LogP contribution in [0.4, 0.5) is 8.78 Å². The van der Waals surface area contributed by atoms with Crippen LogP contribution >= 0.6 is 0 Å². The number of benzene rings is 2. The third kappa shape index (κ3) is 4.76. The van der Waals surface area contributed by atoms with E-state index in [2.05, 4.69) is 0 Å². The van der Waals surface area contributed by atoms with Crippen molar-refractivity contribution >= 4 is 5.91 Å². The standard InChI is InChI=1S/C19H21F2NO3/c1-12(14-7-8-17(20)18(21)10-14)22(3)19(24)11-25-16-6-4-5-15(9-16)13(2)23/h4-10,12-13,23H,11H2,1-3H3/t12-,13+/m0/s1. The molecule has 25 heavy (non-hydrogen) atoms. The average Bonchev–Trinajstić information content (AvgIpc) is 2.60. The first kappa shape index (κ1) is 18.9. The number of likely N-dealkylation sites (N-methyl/N-ethyl adjacent to an activating group) is 1. The third-order valence-electron chi connectivity index (χ3n) is 4.10. The summed E-state index contributed by atoms with van der Waals surface area (Å²) in [7, 11) is 1.57. The van der Waals surface area contributed by atoms with Gasteiger partial charge in [-0.05, 0) is 49.2 Å². The molecule has 0 aliphatic rings. The Bertz CT molecular complexity index is 749. The number of carbonyl (C=O) groups excluding carboxylic acids is 1. The normalized spacial score (nSPS) is 13.2. The number of carbonyl (C=O) groups is 1. The highest BCUT2D eigenvalue weighted by molar-refractivity contribution is 5.78. The number of hydrogen-bond donors (Lipinski definition) is 1. The number of rotatable bonds is 6. The number of ether oxygens (including phenoxy) is 1. The lowest BCUT2D eigenvalue weighted by Gasteiger charge is -2.25. The Kier molecular flexibility index (Phi) is 6.09. The van der Waals surface area contributed by atoms with Crippen molar-refractivity contribution in [3.8, 4) is 5.75 Å². The van der Waals surface area contributed by atoms with Gasteiger partial charge in [-0.15, -0.1) is 0 Å². The van der Waals surface area contributed by atoms with Crippen molar-refractivity contribution in [1.29, 1.82) is 0 Å². The van der Waals surface area contributed by atoms with E-state index in [1.807, 2.05) is 0 Å². The molecule has 0 saturated carbocycles. The van der Waals surface area contributed by atoms with Crippen LogP contribution in [0.2, 0.25) is 0 Å². The van der Waals surface area contributed by atoms with Gasteiger partial charge < -0.3 is 14.7 Å². The fourth-order valence-corrected chi connectivity index (χ4v) is 2.32. The predicted molar refractivity (Wildman–Crippen MR) is 90.1 cm³/mol. The van der Waals surface area contributed by atoms with Gasteiger partial charge in [0, 0.05) is 7.05 Å². The molecule has 0 unspecified atom stereocenters. The van der Waals surface area contributed by atoms with Crippen molar-refractivity contribution in [1.82, 2.24) is 4.90 Å². The van der Waals surface area contributed by atoms with Gasteiger partial charge >= 0.3 is 0 Å². The van der Waals surface area contributed by atoms with Crippen molar-refractivity contribution in [2.24, 2.45) is 0 Å². The Morgan fingerprint density at radius 1 is 1.12 bits per heavy atom. The fourth-order valence-electron chi connectivity index (χ4n) is 2.32. The molecule has 6 heteroatoms. The van der Waals surface area contributed by atoms with Crippen molar-refractivity contribution in [2.75, 3.05) is 13.7 Å². The molecule has 2 aromatic carbocycles. The number of hydrogen-bond acceptors (Lipinski definition) is 3. The summed E-state index contributed by atoms with van der Waals surface area (Å²) in [6.07, 6.45) is -0.629. The van der Waals surface area contributed by atoms with E-state index in [4.69, 9.17) is 4.74 Å². The van der Waals surface area contributed by atoms with Gasteiger partial charge in [0.1, 0.15) is 5.75 Å². The van der Waals surface area contributed by atoms with E-state index in [1.165, 1.54) is 11.0 Å². The highest BCUT2D eigenvalue weighted by Crippen LogP contribution is 2.22. The highest BCUT2D eigenvalue weighted by atomic mass is 19.2.